The first-order chi connectivity index (χ1) is 14.6. The molecule has 5 aliphatic carbocycles. The fraction of sp³-hybridized carbons (Fsp3) is 0.875. The van der Waals surface area contributed by atoms with Gasteiger partial charge < -0.3 is 16.0 Å². The third-order valence-corrected chi connectivity index (χ3v) is 7.99. The zero-order chi connectivity index (χ0) is 20.6. The maximum absolute atomic E-state index is 4.86. The Balaban J connectivity index is 1.33. The van der Waals surface area contributed by atoms with Crippen LogP contribution in [0.3, 0.4) is 0 Å². The van der Waals surface area contributed by atoms with Crippen LogP contribution >= 0.6 is 0 Å². The quantitative estimate of drug-likeness (QED) is 0.527. The molecule has 6 rings (SSSR count). The van der Waals surface area contributed by atoms with Crippen molar-refractivity contribution in [2.24, 2.45) is 23.7 Å². The topological polar surface area (TPSA) is 74.8 Å². The molecule has 166 valence electrons. The Kier molecular flexibility index (Phi) is 5.76. The van der Waals surface area contributed by atoms with Crippen molar-refractivity contribution in [1.29, 1.82) is 0 Å². The van der Waals surface area contributed by atoms with Gasteiger partial charge in [-0.3, -0.25) is 0 Å². The zero-order valence-corrected chi connectivity index (χ0v) is 18.9. The van der Waals surface area contributed by atoms with Crippen LogP contribution in [0, 0.1) is 23.7 Å². The lowest BCUT2D eigenvalue weighted by atomic mass is 9.53. The number of nitrogens with zero attached hydrogens (tertiary/aromatic N) is 3. The average Bonchev–Trinajstić information content (AvgIpc) is 2.67. The second-order valence-corrected chi connectivity index (χ2v) is 11.2. The molecule has 0 aromatic carbocycles. The highest BCUT2D eigenvalue weighted by Crippen LogP contribution is 2.56. The summed E-state index contributed by atoms with van der Waals surface area (Å²) in [5.74, 6) is 5.64. The van der Waals surface area contributed by atoms with Crippen LogP contribution in [0.15, 0.2) is 0 Å². The van der Waals surface area contributed by atoms with Crippen LogP contribution < -0.4 is 16.0 Å². The van der Waals surface area contributed by atoms with Gasteiger partial charge in [-0.2, -0.15) is 15.0 Å². The monoisotopic (exact) mass is 412 g/mol. The van der Waals surface area contributed by atoms with Crippen LogP contribution in [0.2, 0.25) is 0 Å². The molecule has 1 heterocycles. The maximum atomic E-state index is 4.86. The van der Waals surface area contributed by atoms with E-state index < -0.39 is 0 Å². The molecule has 0 spiro atoms. The third kappa shape index (κ3) is 4.67. The standard InChI is InChI=1S/C24H40N6/c1-16(2)8-9-25-21-27-22(26-20-6-4-3-5-7-20)29-23(28-21)30-24-13-17-10-18(14-24)12-19(11-17)15-24/h16-20H,3-15H2,1-2H3,(H3,25,26,27,28,29,30). The summed E-state index contributed by atoms with van der Waals surface area (Å²) in [7, 11) is 0. The van der Waals surface area contributed by atoms with Crippen molar-refractivity contribution in [2.45, 2.75) is 102 Å². The Morgan fingerprint density at radius 3 is 2.07 bits per heavy atom. The van der Waals surface area contributed by atoms with Gasteiger partial charge in [0.05, 0.1) is 0 Å². The van der Waals surface area contributed by atoms with E-state index in [2.05, 4.69) is 29.8 Å². The molecule has 4 bridgehead atoms. The summed E-state index contributed by atoms with van der Waals surface area (Å²) in [6.45, 7) is 5.41. The van der Waals surface area contributed by atoms with Gasteiger partial charge in [0.1, 0.15) is 0 Å². The molecule has 1 aromatic heterocycles. The Labute approximate surface area is 181 Å². The van der Waals surface area contributed by atoms with Gasteiger partial charge in [-0.1, -0.05) is 33.1 Å². The fourth-order valence-electron chi connectivity index (χ4n) is 6.98. The first-order valence-electron chi connectivity index (χ1n) is 12.6. The van der Waals surface area contributed by atoms with E-state index in [1.54, 1.807) is 0 Å². The van der Waals surface area contributed by atoms with E-state index in [4.69, 9.17) is 15.0 Å². The van der Waals surface area contributed by atoms with Crippen LogP contribution in [0.25, 0.3) is 0 Å². The van der Waals surface area contributed by atoms with Crippen molar-refractivity contribution < 1.29 is 0 Å². The molecule has 30 heavy (non-hydrogen) atoms. The van der Waals surface area contributed by atoms with Gasteiger partial charge >= 0.3 is 0 Å². The summed E-state index contributed by atoms with van der Waals surface area (Å²) in [5, 5.41) is 10.9. The molecule has 0 saturated heterocycles. The molecule has 0 unspecified atom stereocenters. The van der Waals surface area contributed by atoms with Crippen molar-refractivity contribution >= 4 is 17.8 Å². The van der Waals surface area contributed by atoms with E-state index in [9.17, 15) is 0 Å². The molecule has 6 nitrogen and oxygen atoms in total. The lowest BCUT2D eigenvalue weighted by molar-refractivity contribution is 0.0103. The summed E-state index contributed by atoms with van der Waals surface area (Å²) >= 11 is 0. The molecule has 6 heteroatoms. The Bertz CT molecular complexity index is 691. The second-order valence-electron chi connectivity index (χ2n) is 11.2. The van der Waals surface area contributed by atoms with Crippen molar-refractivity contribution in [3.05, 3.63) is 0 Å². The first-order valence-corrected chi connectivity index (χ1v) is 12.6. The highest BCUT2D eigenvalue weighted by Gasteiger charge is 2.51. The molecule has 0 atom stereocenters. The number of nitrogens with one attached hydrogen (secondary N) is 3. The van der Waals surface area contributed by atoms with E-state index in [-0.39, 0.29) is 5.54 Å². The summed E-state index contributed by atoms with van der Waals surface area (Å²) in [6, 6.07) is 0.497. The van der Waals surface area contributed by atoms with Crippen LogP contribution in [-0.4, -0.2) is 33.1 Å². The van der Waals surface area contributed by atoms with E-state index >= 15 is 0 Å². The van der Waals surface area contributed by atoms with Crippen molar-refractivity contribution in [1.82, 2.24) is 15.0 Å². The smallest absolute Gasteiger partial charge is 0.229 e. The SMILES string of the molecule is CC(C)CCNc1nc(NC2CCCCC2)nc(NC23CC4CC(CC(C4)C2)C3)n1. The Morgan fingerprint density at radius 1 is 0.833 bits per heavy atom. The third-order valence-electron chi connectivity index (χ3n) is 7.99. The van der Waals surface area contributed by atoms with Crippen LogP contribution in [0.5, 0.6) is 0 Å². The summed E-state index contributed by atoms with van der Waals surface area (Å²) in [4.78, 5) is 14.4. The van der Waals surface area contributed by atoms with E-state index in [0.29, 0.717) is 12.0 Å². The summed E-state index contributed by atoms with van der Waals surface area (Å²) < 4.78 is 0. The van der Waals surface area contributed by atoms with Crippen molar-refractivity contribution in [3.8, 4) is 0 Å². The Morgan fingerprint density at radius 2 is 1.43 bits per heavy atom. The normalized spacial score (nSPS) is 33.1. The van der Waals surface area contributed by atoms with Crippen LogP contribution in [-0.2, 0) is 0 Å². The first kappa shape index (κ1) is 20.3. The zero-order valence-electron chi connectivity index (χ0n) is 18.9. The van der Waals surface area contributed by atoms with Gasteiger partial charge in [0.2, 0.25) is 17.8 Å². The molecule has 5 fully saturated rings. The number of anilines is 3. The van der Waals surface area contributed by atoms with Crippen molar-refractivity contribution in [2.75, 3.05) is 22.5 Å². The van der Waals surface area contributed by atoms with Crippen LogP contribution in [0.1, 0.15) is 90.9 Å². The molecular formula is C24H40N6. The van der Waals surface area contributed by atoms with Gasteiger partial charge in [-0.25, -0.2) is 0 Å². The molecule has 0 aliphatic heterocycles. The largest absolute Gasteiger partial charge is 0.354 e. The summed E-state index contributed by atoms with van der Waals surface area (Å²) in [5.41, 5.74) is 0.216. The molecule has 5 saturated carbocycles. The fourth-order valence-corrected chi connectivity index (χ4v) is 6.98. The second kappa shape index (κ2) is 8.51. The van der Waals surface area contributed by atoms with Gasteiger partial charge in [0.15, 0.2) is 0 Å². The van der Waals surface area contributed by atoms with Gasteiger partial charge in [0, 0.05) is 18.1 Å². The summed E-state index contributed by atoms with van der Waals surface area (Å²) in [6.07, 6.45) is 15.8. The lowest BCUT2D eigenvalue weighted by Crippen LogP contribution is -2.55. The highest BCUT2D eigenvalue weighted by molar-refractivity contribution is 5.44. The number of hydrogen-bond donors (Lipinski definition) is 3. The highest BCUT2D eigenvalue weighted by atomic mass is 15.3. The van der Waals surface area contributed by atoms with Crippen molar-refractivity contribution in [3.63, 3.8) is 0 Å². The predicted octanol–water partition coefficient (Wildman–Crippen LogP) is 5.45. The molecule has 3 N–H and O–H groups in total. The minimum absolute atomic E-state index is 0.216. The minimum atomic E-state index is 0.216. The number of aromatic nitrogens is 3. The molecule has 5 aliphatic rings. The van der Waals surface area contributed by atoms with Gasteiger partial charge in [-0.05, 0) is 81.5 Å². The van der Waals surface area contributed by atoms with E-state index in [1.807, 2.05) is 0 Å². The molecule has 0 radical (unpaired) electrons. The number of hydrogen-bond acceptors (Lipinski definition) is 6. The average molecular weight is 413 g/mol. The van der Waals surface area contributed by atoms with E-state index in [1.165, 1.54) is 70.6 Å². The predicted molar refractivity (Wildman–Crippen MR) is 123 cm³/mol. The minimum Gasteiger partial charge on any atom is -0.354 e. The van der Waals surface area contributed by atoms with Gasteiger partial charge in [-0.15, -0.1) is 0 Å². The Hall–Kier alpha value is -1.59. The maximum Gasteiger partial charge on any atom is 0.229 e. The molecule has 0 amide bonds. The number of rotatable bonds is 8. The van der Waals surface area contributed by atoms with E-state index in [0.717, 1.165) is 48.6 Å². The molecule has 1 aromatic rings. The van der Waals surface area contributed by atoms with Gasteiger partial charge in [0.25, 0.3) is 0 Å². The lowest BCUT2D eigenvalue weighted by Gasteiger charge is -2.56. The molecular weight excluding hydrogens is 372 g/mol. The van der Waals surface area contributed by atoms with Crippen LogP contribution in [0.4, 0.5) is 17.8 Å².